The molecule has 26 heavy (non-hydrogen) atoms. The summed E-state index contributed by atoms with van der Waals surface area (Å²) in [5.41, 5.74) is 1.41. The van der Waals surface area contributed by atoms with Crippen LogP contribution in [0.5, 0.6) is 0 Å². The molecular weight excluding hydrogens is 354 g/mol. The Balaban J connectivity index is 2.85. The van der Waals surface area contributed by atoms with Crippen LogP contribution in [0.15, 0.2) is 30.3 Å². The molecule has 0 heterocycles. The smallest absolute Gasteiger partial charge is 0.334 e. The molecule has 0 saturated heterocycles. The summed E-state index contributed by atoms with van der Waals surface area (Å²) in [7, 11) is -3.61. The lowest BCUT2D eigenvalue weighted by atomic mass is 10.2. The molecule has 0 amide bonds. The summed E-state index contributed by atoms with van der Waals surface area (Å²) >= 11 is 0. The van der Waals surface area contributed by atoms with E-state index < -0.39 is 16.8 Å². The molecule has 1 aromatic carbocycles. The highest BCUT2D eigenvalue weighted by molar-refractivity contribution is 6.77. The minimum absolute atomic E-state index is 0.336. The Morgan fingerprint density at radius 1 is 0.923 bits per heavy atom. The van der Waals surface area contributed by atoms with Gasteiger partial charge in [0.2, 0.25) is 0 Å². The van der Waals surface area contributed by atoms with Crippen LogP contribution < -0.4 is 0 Å². The predicted octanol–water partition coefficient (Wildman–Crippen LogP) is 6.03. The van der Waals surface area contributed by atoms with E-state index in [1.807, 2.05) is 0 Å². The van der Waals surface area contributed by atoms with Gasteiger partial charge in [0.15, 0.2) is 0 Å². The zero-order valence-electron chi connectivity index (χ0n) is 18.4. The summed E-state index contributed by atoms with van der Waals surface area (Å²) in [5, 5.41) is 0.336. The van der Waals surface area contributed by atoms with Crippen molar-refractivity contribution in [2.45, 2.75) is 78.3 Å². The second-order valence-electron chi connectivity index (χ2n) is 8.82. The summed E-state index contributed by atoms with van der Waals surface area (Å²) in [5.74, 6) is 0. The highest BCUT2D eigenvalue weighted by atomic mass is 28.4. The zero-order valence-corrected chi connectivity index (χ0v) is 20.4. The van der Waals surface area contributed by atoms with Crippen LogP contribution in [0.1, 0.15) is 46.6 Å². The molecule has 0 fully saturated rings. The van der Waals surface area contributed by atoms with Gasteiger partial charge in [0.1, 0.15) is 8.24 Å². The fraction of sp³-hybridized carbons (Fsp3) is 0.714. The largest absolute Gasteiger partial charge is 0.395 e. The second kappa shape index (κ2) is 10.2. The molecule has 0 aliphatic carbocycles. The van der Waals surface area contributed by atoms with Crippen molar-refractivity contribution in [3.63, 3.8) is 0 Å². The maximum Gasteiger partial charge on any atom is 0.334 e. The van der Waals surface area contributed by atoms with Crippen LogP contribution >= 0.6 is 0 Å². The number of hydrogen-bond donors (Lipinski definition) is 0. The van der Waals surface area contributed by atoms with Gasteiger partial charge in [-0.15, -0.1) is 0 Å². The maximum absolute atomic E-state index is 6.03. The van der Waals surface area contributed by atoms with Crippen molar-refractivity contribution in [2.75, 3.05) is 19.8 Å². The third kappa shape index (κ3) is 6.93. The van der Waals surface area contributed by atoms with Crippen molar-refractivity contribution in [3.8, 4) is 0 Å². The molecule has 0 aliphatic rings. The average Bonchev–Trinajstić information content (AvgIpc) is 2.54. The first-order valence-corrected chi connectivity index (χ1v) is 15.6. The highest BCUT2D eigenvalue weighted by Gasteiger charge is 2.41. The maximum atomic E-state index is 6.03. The van der Waals surface area contributed by atoms with Gasteiger partial charge in [-0.05, 0) is 50.0 Å². The SMILES string of the molecule is CCO[Si](C)(CCCN(Cc1ccccc1)[Si](C)(C)C(C)(C)C)OCC. The molecule has 0 atom stereocenters. The summed E-state index contributed by atoms with van der Waals surface area (Å²) < 4.78 is 14.8. The number of hydrogen-bond acceptors (Lipinski definition) is 3. The molecule has 1 aromatic rings. The van der Waals surface area contributed by atoms with E-state index in [1.54, 1.807) is 0 Å². The van der Waals surface area contributed by atoms with E-state index in [2.05, 4.69) is 89.2 Å². The molecule has 3 nitrogen and oxygen atoms in total. The van der Waals surface area contributed by atoms with Crippen molar-refractivity contribution < 1.29 is 8.85 Å². The predicted molar refractivity (Wildman–Crippen MR) is 118 cm³/mol. The Labute approximate surface area is 164 Å². The van der Waals surface area contributed by atoms with E-state index >= 15 is 0 Å². The number of benzene rings is 1. The minimum Gasteiger partial charge on any atom is -0.395 e. The average molecular weight is 396 g/mol. The van der Waals surface area contributed by atoms with Crippen LogP contribution in [0.3, 0.4) is 0 Å². The quantitative estimate of drug-likeness (QED) is 0.427. The van der Waals surface area contributed by atoms with Gasteiger partial charge in [0, 0.05) is 19.8 Å². The van der Waals surface area contributed by atoms with Crippen LogP contribution in [-0.2, 0) is 15.4 Å². The molecule has 5 heteroatoms. The van der Waals surface area contributed by atoms with Crippen molar-refractivity contribution >= 4 is 16.8 Å². The van der Waals surface area contributed by atoms with Crippen molar-refractivity contribution in [1.29, 1.82) is 0 Å². The highest BCUT2D eigenvalue weighted by Crippen LogP contribution is 2.39. The summed E-state index contributed by atoms with van der Waals surface area (Å²) in [6.45, 7) is 22.2. The minimum atomic E-state index is -2.02. The lowest BCUT2D eigenvalue weighted by Crippen LogP contribution is -2.55. The third-order valence-corrected chi connectivity index (χ3v) is 14.5. The van der Waals surface area contributed by atoms with Crippen LogP contribution in [0.2, 0.25) is 30.7 Å². The van der Waals surface area contributed by atoms with Gasteiger partial charge >= 0.3 is 8.56 Å². The first-order valence-electron chi connectivity index (χ1n) is 10.1. The van der Waals surface area contributed by atoms with Crippen molar-refractivity contribution in [2.24, 2.45) is 0 Å². The van der Waals surface area contributed by atoms with E-state index in [0.29, 0.717) is 5.04 Å². The van der Waals surface area contributed by atoms with E-state index in [-0.39, 0.29) is 0 Å². The van der Waals surface area contributed by atoms with Crippen LogP contribution in [0.25, 0.3) is 0 Å². The van der Waals surface area contributed by atoms with E-state index in [1.165, 1.54) is 5.56 Å². The molecule has 0 saturated carbocycles. The first kappa shape index (κ1) is 23.6. The summed E-state index contributed by atoms with van der Waals surface area (Å²) in [6.07, 6.45) is 1.14. The van der Waals surface area contributed by atoms with E-state index in [0.717, 1.165) is 38.8 Å². The van der Waals surface area contributed by atoms with Gasteiger partial charge in [-0.1, -0.05) is 64.2 Å². The third-order valence-electron chi connectivity index (χ3n) is 5.80. The van der Waals surface area contributed by atoms with E-state index in [4.69, 9.17) is 8.85 Å². The standard InChI is InChI=1S/C21H41NO2Si2/c1-9-23-26(8,24-10-2)18-14-17-22(25(6,7)21(3,4)5)19-20-15-12-11-13-16-20/h11-13,15-16H,9-10,14,17-19H2,1-8H3. The van der Waals surface area contributed by atoms with Gasteiger partial charge in [0.25, 0.3) is 0 Å². The number of nitrogens with zero attached hydrogens (tertiary/aromatic N) is 1. The summed E-state index contributed by atoms with van der Waals surface area (Å²) in [6, 6.07) is 12.0. The fourth-order valence-corrected chi connectivity index (χ4v) is 7.86. The monoisotopic (exact) mass is 395 g/mol. The molecule has 0 spiro atoms. The van der Waals surface area contributed by atoms with E-state index in [9.17, 15) is 0 Å². The zero-order chi connectivity index (χ0) is 19.8. The lowest BCUT2D eigenvalue weighted by Gasteiger charge is -2.46. The molecule has 0 aromatic heterocycles. The van der Waals surface area contributed by atoms with Crippen LogP contribution in [0.4, 0.5) is 0 Å². The molecule has 1 rings (SSSR count). The first-order chi connectivity index (χ1) is 12.1. The van der Waals surface area contributed by atoms with Crippen LogP contribution in [0, 0.1) is 0 Å². The Morgan fingerprint density at radius 3 is 1.92 bits per heavy atom. The van der Waals surface area contributed by atoms with Gasteiger partial charge < -0.3 is 13.4 Å². The van der Waals surface area contributed by atoms with Gasteiger partial charge in [-0.3, -0.25) is 0 Å². The van der Waals surface area contributed by atoms with Crippen molar-refractivity contribution in [3.05, 3.63) is 35.9 Å². The molecular formula is C21H41NO2Si2. The fourth-order valence-electron chi connectivity index (χ4n) is 3.22. The van der Waals surface area contributed by atoms with Gasteiger partial charge in [-0.25, -0.2) is 0 Å². The molecule has 0 aliphatic heterocycles. The Morgan fingerprint density at radius 2 is 1.46 bits per heavy atom. The molecule has 0 radical (unpaired) electrons. The van der Waals surface area contributed by atoms with Gasteiger partial charge in [0.05, 0.1) is 0 Å². The van der Waals surface area contributed by atoms with Gasteiger partial charge in [-0.2, -0.15) is 0 Å². The Kier molecular flexibility index (Phi) is 9.23. The molecule has 0 bridgehead atoms. The second-order valence-corrected chi connectivity index (χ2v) is 17.4. The Bertz CT molecular complexity index is 508. The van der Waals surface area contributed by atoms with Crippen molar-refractivity contribution in [1.82, 2.24) is 4.57 Å². The normalized spacial score (nSPS) is 13.4. The lowest BCUT2D eigenvalue weighted by molar-refractivity contribution is 0.187. The number of rotatable bonds is 11. The summed E-state index contributed by atoms with van der Waals surface area (Å²) in [4.78, 5) is 0. The molecule has 0 unspecified atom stereocenters. The Hall–Kier alpha value is -0.466. The van der Waals surface area contributed by atoms with Crippen LogP contribution in [-0.4, -0.2) is 41.1 Å². The topological polar surface area (TPSA) is 21.7 Å². The molecule has 150 valence electrons. The molecule has 0 N–H and O–H groups in total.